The van der Waals surface area contributed by atoms with Crippen LogP contribution in [0.2, 0.25) is 0 Å². The van der Waals surface area contributed by atoms with Crippen LogP contribution >= 0.6 is 0 Å². The highest BCUT2D eigenvalue weighted by molar-refractivity contribution is 7.89. The molecule has 1 aromatic heterocycles. The number of ether oxygens (including phenoxy) is 1. The summed E-state index contributed by atoms with van der Waals surface area (Å²) in [4.78, 5) is 16.6. The number of nitrogens with zero attached hydrogens (tertiary/aromatic N) is 2. The van der Waals surface area contributed by atoms with Crippen LogP contribution in [0.25, 0.3) is 12.2 Å². The molecule has 0 fully saturated rings. The van der Waals surface area contributed by atoms with Crippen molar-refractivity contribution in [1.29, 1.82) is 0 Å². The average Bonchev–Trinajstić information content (AvgIpc) is 2.74. The Morgan fingerprint density at radius 3 is 2.21 bits per heavy atom. The number of rotatable bonds is 6. The van der Waals surface area contributed by atoms with E-state index in [1.54, 1.807) is 18.3 Å². The molecule has 1 heterocycles. The van der Waals surface area contributed by atoms with Gasteiger partial charge in [-0.2, -0.15) is 0 Å². The molecule has 0 saturated heterocycles. The highest BCUT2D eigenvalue weighted by Gasteiger charge is 2.18. The minimum absolute atomic E-state index is 0.114. The minimum atomic E-state index is -3.54. The first-order valence-electron chi connectivity index (χ1n) is 8.80. The van der Waals surface area contributed by atoms with Crippen LogP contribution in [0.3, 0.4) is 0 Å². The van der Waals surface area contributed by atoms with Gasteiger partial charge in [0.15, 0.2) is 0 Å². The van der Waals surface area contributed by atoms with E-state index in [2.05, 4.69) is 4.98 Å². The molecule has 0 bridgehead atoms. The molecule has 29 heavy (non-hydrogen) atoms. The predicted molar refractivity (Wildman–Crippen MR) is 112 cm³/mol. The van der Waals surface area contributed by atoms with Gasteiger partial charge in [-0.1, -0.05) is 24.3 Å². The summed E-state index contributed by atoms with van der Waals surface area (Å²) in [7, 11) is -0.636. The van der Waals surface area contributed by atoms with Gasteiger partial charge in [-0.05, 0) is 60.2 Å². The first kappa shape index (κ1) is 20.4. The molecule has 6 nitrogen and oxygen atoms in total. The van der Waals surface area contributed by atoms with Crippen molar-refractivity contribution < 1.29 is 17.9 Å². The molecule has 0 amide bonds. The van der Waals surface area contributed by atoms with Gasteiger partial charge in [0.25, 0.3) is 0 Å². The number of aromatic nitrogens is 1. The van der Waals surface area contributed by atoms with Crippen LogP contribution in [0.4, 0.5) is 0 Å². The Morgan fingerprint density at radius 2 is 1.62 bits per heavy atom. The lowest BCUT2D eigenvalue weighted by molar-refractivity contribution is 0.0734. The number of hydrogen-bond donors (Lipinski definition) is 0. The van der Waals surface area contributed by atoms with Crippen LogP contribution in [0, 0.1) is 0 Å². The highest BCUT2D eigenvalue weighted by atomic mass is 32.2. The second kappa shape index (κ2) is 8.81. The van der Waals surface area contributed by atoms with Crippen molar-refractivity contribution in [3.05, 3.63) is 89.7 Å². The number of esters is 1. The van der Waals surface area contributed by atoms with Gasteiger partial charge in [-0.15, -0.1) is 0 Å². The summed E-state index contributed by atoms with van der Waals surface area (Å²) in [6.45, 7) is 0. The molecule has 0 spiro atoms. The third kappa shape index (κ3) is 5.16. The molecule has 0 aliphatic rings. The fourth-order valence-corrected chi connectivity index (χ4v) is 3.34. The van der Waals surface area contributed by atoms with Crippen molar-refractivity contribution in [3.63, 3.8) is 0 Å². The SMILES string of the molecule is CN(C)S(=O)(=O)c1ccc(C(=O)Oc2ccc(/C=C/c3ccccn3)cc2)cc1. The van der Waals surface area contributed by atoms with E-state index in [1.165, 1.54) is 38.4 Å². The zero-order valence-electron chi connectivity index (χ0n) is 16.0. The number of sulfonamides is 1. The van der Waals surface area contributed by atoms with E-state index in [4.69, 9.17) is 4.74 Å². The summed E-state index contributed by atoms with van der Waals surface area (Å²) in [5, 5.41) is 0. The van der Waals surface area contributed by atoms with E-state index in [9.17, 15) is 13.2 Å². The van der Waals surface area contributed by atoms with Gasteiger partial charge in [-0.3, -0.25) is 4.98 Å². The van der Waals surface area contributed by atoms with Gasteiger partial charge in [0, 0.05) is 20.3 Å². The molecule has 0 saturated carbocycles. The smallest absolute Gasteiger partial charge is 0.343 e. The molecule has 148 valence electrons. The normalized spacial score (nSPS) is 11.7. The van der Waals surface area contributed by atoms with E-state index in [0.29, 0.717) is 5.75 Å². The van der Waals surface area contributed by atoms with Gasteiger partial charge in [-0.25, -0.2) is 17.5 Å². The molecule has 0 unspecified atom stereocenters. The van der Waals surface area contributed by atoms with Crippen molar-refractivity contribution in [2.24, 2.45) is 0 Å². The second-order valence-corrected chi connectivity index (χ2v) is 8.51. The topological polar surface area (TPSA) is 76.6 Å². The monoisotopic (exact) mass is 408 g/mol. The lowest BCUT2D eigenvalue weighted by Crippen LogP contribution is -2.22. The van der Waals surface area contributed by atoms with E-state index in [0.717, 1.165) is 15.6 Å². The summed E-state index contributed by atoms with van der Waals surface area (Å²) < 4.78 is 30.6. The summed E-state index contributed by atoms with van der Waals surface area (Å²) in [6.07, 6.45) is 5.53. The molecule has 3 rings (SSSR count). The fraction of sp³-hybridized carbons (Fsp3) is 0.0909. The average molecular weight is 408 g/mol. The Morgan fingerprint density at radius 1 is 0.931 bits per heavy atom. The quantitative estimate of drug-likeness (QED) is 0.459. The Bertz CT molecular complexity index is 1110. The lowest BCUT2D eigenvalue weighted by atomic mass is 10.2. The van der Waals surface area contributed by atoms with Crippen LogP contribution in [-0.4, -0.2) is 37.8 Å². The van der Waals surface area contributed by atoms with Crippen molar-refractivity contribution >= 4 is 28.1 Å². The summed E-state index contributed by atoms with van der Waals surface area (Å²) in [5.41, 5.74) is 2.05. The maximum atomic E-state index is 12.3. The van der Waals surface area contributed by atoms with Gasteiger partial charge in [0.05, 0.1) is 16.2 Å². The van der Waals surface area contributed by atoms with Crippen LogP contribution in [0.1, 0.15) is 21.6 Å². The van der Waals surface area contributed by atoms with Crippen molar-refractivity contribution in [2.75, 3.05) is 14.1 Å². The summed E-state index contributed by atoms with van der Waals surface area (Å²) in [5.74, 6) is -0.162. The second-order valence-electron chi connectivity index (χ2n) is 6.36. The maximum Gasteiger partial charge on any atom is 0.343 e. The molecular weight excluding hydrogens is 388 g/mol. The third-order valence-electron chi connectivity index (χ3n) is 4.09. The van der Waals surface area contributed by atoms with Crippen LogP contribution in [-0.2, 0) is 10.0 Å². The molecule has 7 heteroatoms. The lowest BCUT2D eigenvalue weighted by Gasteiger charge is -2.11. The van der Waals surface area contributed by atoms with Crippen molar-refractivity contribution in [3.8, 4) is 5.75 Å². The predicted octanol–water partition coefficient (Wildman–Crippen LogP) is 3.72. The van der Waals surface area contributed by atoms with Crippen LogP contribution in [0.15, 0.2) is 77.8 Å². The number of hydrogen-bond acceptors (Lipinski definition) is 5. The largest absolute Gasteiger partial charge is 0.423 e. The summed E-state index contributed by atoms with van der Waals surface area (Å²) >= 11 is 0. The zero-order valence-corrected chi connectivity index (χ0v) is 16.8. The molecular formula is C22H20N2O4S. The number of carbonyl (C=O) groups is 1. The molecule has 0 aliphatic carbocycles. The van der Waals surface area contributed by atoms with Gasteiger partial charge >= 0.3 is 5.97 Å². The van der Waals surface area contributed by atoms with Crippen molar-refractivity contribution in [2.45, 2.75) is 4.90 Å². The third-order valence-corrected chi connectivity index (χ3v) is 5.92. The molecule has 0 aliphatic heterocycles. The van der Waals surface area contributed by atoms with E-state index in [1.807, 2.05) is 42.5 Å². The Balaban J connectivity index is 1.66. The first-order valence-corrected chi connectivity index (χ1v) is 10.2. The number of benzene rings is 2. The molecule has 3 aromatic rings. The van der Waals surface area contributed by atoms with Gasteiger partial charge in [0.2, 0.25) is 10.0 Å². The number of carbonyl (C=O) groups excluding carboxylic acids is 1. The Kier molecular flexibility index (Phi) is 6.21. The molecule has 0 radical (unpaired) electrons. The Hall–Kier alpha value is -3.29. The van der Waals surface area contributed by atoms with E-state index in [-0.39, 0.29) is 10.5 Å². The summed E-state index contributed by atoms with van der Waals surface area (Å²) in [6, 6.07) is 18.4. The molecule has 2 aromatic carbocycles. The van der Waals surface area contributed by atoms with Crippen LogP contribution in [0.5, 0.6) is 5.75 Å². The maximum absolute atomic E-state index is 12.3. The van der Waals surface area contributed by atoms with E-state index < -0.39 is 16.0 Å². The minimum Gasteiger partial charge on any atom is -0.423 e. The van der Waals surface area contributed by atoms with Crippen LogP contribution < -0.4 is 4.74 Å². The number of pyridine rings is 1. The molecule has 0 atom stereocenters. The zero-order chi connectivity index (χ0) is 20.9. The van der Waals surface area contributed by atoms with E-state index >= 15 is 0 Å². The van der Waals surface area contributed by atoms with Crippen molar-refractivity contribution in [1.82, 2.24) is 9.29 Å². The standard InChI is InChI=1S/C22H20N2O4S/c1-24(2)29(26,27)21-14-9-18(10-15-21)22(25)28-20-12-7-17(8-13-20)6-11-19-5-3-4-16-23-19/h3-16H,1-2H3/b11-6+. The molecule has 0 N–H and O–H groups in total. The Labute approximate surface area is 170 Å². The van der Waals surface area contributed by atoms with Gasteiger partial charge < -0.3 is 4.74 Å². The first-order chi connectivity index (χ1) is 13.9. The highest BCUT2D eigenvalue weighted by Crippen LogP contribution is 2.18. The van der Waals surface area contributed by atoms with Gasteiger partial charge in [0.1, 0.15) is 5.75 Å². The fourth-order valence-electron chi connectivity index (χ4n) is 2.44.